The highest BCUT2D eigenvalue weighted by Gasteiger charge is 2.20. The van der Waals surface area contributed by atoms with E-state index >= 15 is 0 Å². The van der Waals surface area contributed by atoms with Gasteiger partial charge in [-0.15, -0.1) is 0 Å². The van der Waals surface area contributed by atoms with Gasteiger partial charge in [-0.05, 0) is 61.1 Å². The van der Waals surface area contributed by atoms with Gasteiger partial charge in [-0.2, -0.15) is 4.57 Å². The number of aromatic nitrogens is 1. The molecule has 0 fully saturated rings. The van der Waals surface area contributed by atoms with E-state index < -0.39 is 4.92 Å². The second-order valence-corrected chi connectivity index (χ2v) is 7.45. The number of pyridine rings is 1. The van der Waals surface area contributed by atoms with Gasteiger partial charge in [0.15, 0.2) is 17.4 Å². The number of anilines is 1. The van der Waals surface area contributed by atoms with Gasteiger partial charge in [-0.1, -0.05) is 29.9 Å². The molecule has 0 aliphatic rings. The molecule has 3 aromatic rings. The van der Waals surface area contributed by atoms with Crippen molar-refractivity contribution in [1.82, 2.24) is 0 Å². The summed E-state index contributed by atoms with van der Waals surface area (Å²) in [5, 5.41) is 27.9. The van der Waals surface area contributed by atoms with Crippen LogP contribution in [0.2, 0.25) is 5.02 Å². The van der Waals surface area contributed by atoms with Crippen LogP contribution in [-0.2, 0) is 0 Å². The molecule has 1 N–H and O–H groups in total. The Morgan fingerprint density at radius 2 is 1.80 bits per heavy atom. The molecule has 0 saturated carbocycles. The lowest BCUT2D eigenvalue weighted by molar-refractivity contribution is -0.578. The molecule has 2 aromatic carbocycles. The maximum atomic E-state index is 13.3. The Labute approximate surface area is 184 Å². The maximum absolute atomic E-state index is 13.3. The number of halogens is 1. The molecule has 0 unspecified atom stereocenters. The highest BCUT2D eigenvalue weighted by Crippen LogP contribution is 2.25. The van der Waals surface area contributed by atoms with Gasteiger partial charge < -0.3 is 10.4 Å². The summed E-state index contributed by atoms with van der Waals surface area (Å²) in [4.78, 5) is 10.6. The molecule has 0 saturated heterocycles. The zero-order valence-electron chi connectivity index (χ0n) is 16.3. The van der Waals surface area contributed by atoms with Gasteiger partial charge in [0.2, 0.25) is 5.70 Å². The van der Waals surface area contributed by atoms with E-state index in [9.17, 15) is 15.2 Å². The summed E-state index contributed by atoms with van der Waals surface area (Å²) >= 11 is 11.8. The number of benzene rings is 2. The number of nitrogens with zero attached hydrogens (tertiary/aromatic N) is 2. The molecule has 0 atom stereocenters. The maximum Gasteiger partial charge on any atom is 0.269 e. The molecule has 6 nitrogen and oxygen atoms in total. The number of nitro groups is 1. The lowest BCUT2D eigenvalue weighted by Gasteiger charge is -2.18. The fraction of sp³-hybridized carbons (Fsp3) is 0.0909. The summed E-state index contributed by atoms with van der Waals surface area (Å²) in [6.45, 7) is 3.76. The monoisotopic (exact) mass is 439 g/mol. The molecule has 1 heterocycles. The number of thiocarbonyl (C=S) groups is 1. The van der Waals surface area contributed by atoms with Crippen molar-refractivity contribution in [3.8, 4) is 0 Å². The highest BCUT2D eigenvalue weighted by atomic mass is 35.5. The molecule has 1 aromatic heterocycles. The molecule has 30 heavy (non-hydrogen) atoms. The Balaban J connectivity index is 2.10. The summed E-state index contributed by atoms with van der Waals surface area (Å²) in [7, 11) is 0. The summed E-state index contributed by atoms with van der Waals surface area (Å²) in [5.74, 6) is -0.363. The molecule has 0 aliphatic carbocycles. The van der Waals surface area contributed by atoms with Gasteiger partial charge in [-0.3, -0.25) is 10.1 Å². The van der Waals surface area contributed by atoms with E-state index in [-0.39, 0.29) is 27.7 Å². The van der Waals surface area contributed by atoms with Gasteiger partial charge in [-0.25, -0.2) is 0 Å². The number of non-ortho nitro benzene ring substituents is 1. The van der Waals surface area contributed by atoms with Crippen molar-refractivity contribution in [3.63, 3.8) is 0 Å². The number of hydrogen-bond acceptors (Lipinski definition) is 4. The summed E-state index contributed by atoms with van der Waals surface area (Å²) in [6, 6.07) is 14.5. The second-order valence-electron chi connectivity index (χ2n) is 6.64. The molecule has 0 aliphatic heterocycles. The predicted octanol–water partition coefficient (Wildman–Crippen LogP) is 4.28. The van der Waals surface area contributed by atoms with Crippen LogP contribution in [0.3, 0.4) is 0 Å². The first kappa shape index (κ1) is 21.4. The molecule has 0 amide bonds. The van der Waals surface area contributed by atoms with E-state index in [1.54, 1.807) is 29.1 Å². The van der Waals surface area contributed by atoms with Crippen molar-refractivity contribution < 1.29 is 14.6 Å². The van der Waals surface area contributed by atoms with Gasteiger partial charge in [0.25, 0.3) is 5.69 Å². The Bertz CT molecular complexity index is 1160. The third-order valence-corrected chi connectivity index (χ3v) is 5.20. The lowest BCUT2D eigenvalue weighted by atomic mass is 10.1. The molecule has 0 bridgehead atoms. The zero-order chi connectivity index (χ0) is 21.8. The van der Waals surface area contributed by atoms with E-state index in [1.807, 2.05) is 32.0 Å². The van der Waals surface area contributed by atoms with E-state index in [0.717, 1.165) is 11.1 Å². The summed E-state index contributed by atoms with van der Waals surface area (Å²) in [6.07, 6.45) is 3.52. The van der Waals surface area contributed by atoms with Gasteiger partial charge in [0.05, 0.1) is 4.92 Å². The highest BCUT2D eigenvalue weighted by molar-refractivity contribution is 7.81. The van der Waals surface area contributed by atoms with Crippen molar-refractivity contribution in [2.75, 3.05) is 5.32 Å². The van der Waals surface area contributed by atoms with Crippen molar-refractivity contribution in [1.29, 1.82) is 0 Å². The van der Waals surface area contributed by atoms with Crippen LogP contribution in [0.5, 0.6) is 0 Å². The van der Waals surface area contributed by atoms with Crippen molar-refractivity contribution in [2.24, 2.45) is 0 Å². The van der Waals surface area contributed by atoms with Crippen LogP contribution in [0.25, 0.3) is 11.5 Å². The van der Waals surface area contributed by atoms with Gasteiger partial charge >= 0.3 is 0 Å². The largest absolute Gasteiger partial charge is 0.867 e. The average molecular weight is 440 g/mol. The minimum absolute atomic E-state index is 0.0911. The molecular weight excluding hydrogens is 422 g/mol. The first-order chi connectivity index (χ1) is 14.3. The van der Waals surface area contributed by atoms with Gasteiger partial charge in [0, 0.05) is 34.5 Å². The number of hydrogen-bond donors (Lipinski definition) is 1. The average Bonchev–Trinajstić information content (AvgIpc) is 2.71. The molecule has 0 spiro atoms. The quantitative estimate of drug-likeness (QED) is 0.160. The van der Waals surface area contributed by atoms with Gasteiger partial charge in [0.1, 0.15) is 0 Å². The summed E-state index contributed by atoms with van der Waals surface area (Å²) < 4.78 is 1.65. The third-order valence-electron chi connectivity index (χ3n) is 4.49. The SMILES string of the molecule is Cc1ccc[n+](C(C(=S)Nc2cccc(Cl)c2C)=C([O-])c2ccc([N+](=O)[O-])cc2)c1. The zero-order valence-corrected chi connectivity index (χ0v) is 17.8. The van der Waals surface area contributed by atoms with Crippen LogP contribution >= 0.6 is 23.8 Å². The van der Waals surface area contributed by atoms with Crippen molar-refractivity contribution in [3.05, 3.63) is 98.8 Å². The second kappa shape index (κ2) is 9.02. The third kappa shape index (κ3) is 4.64. The Kier molecular flexibility index (Phi) is 6.44. The number of nitrogens with one attached hydrogen (secondary N) is 1. The lowest BCUT2D eigenvalue weighted by Crippen LogP contribution is -2.40. The van der Waals surface area contributed by atoms with Crippen LogP contribution in [0.15, 0.2) is 67.0 Å². The van der Waals surface area contributed by atoms with Crippen LogP contribution in [-0.4, -0.2) is 9.91 Å². The van der Waals surface area contributed by atoms with Crippen LogP contribution in [0.4, 0.5) is 11.4 Å². The minimum Gasteiger partial charge on any atom is -0.867 e. The van der Waals surface area contributed by atoms with Crippen LogP contribution < -0.4 is 15.0 Å². The smallest absolute Gasteiger partial charge is 0.269 e. The Morgan fingerprint density at radius 3 is 2.43 bits per heavy atom. The minimum atomic E-state index is -0.512. The van der Waals surface area contributed by atoms with Crippen molar-refractivity contribution >= 4 is 51.6 Å². The Hall–Kier alpha value is -3.29. The van der Waals surface area contributed by atoms with E-state index in [0.29, 0.717) is 10.7 Å². The number of rotatable bonds is 5. The van der Waals surface area contributed by atoms with Crippen LogP contribution in [0, 0.1) is 24.0 Å². The van der Waals surface area contributed by atoms with Crippen LogP contribution in [0.1, 0.15) is 16.7 Å². The molecule has 152 valence electrons. The fourth-order valence-corrected chi connectivity index (χ4v) is 3.35. The summed E-state index contributed by atoms with van der Waals surface area (Å²) in [5.41, 5.74) is 2.85. The number of aryl methyl sites for hydroxylation is 1. The molecular formula is C22H18ClN3O3S. The first-order valence-corrected chi connectivity index (χ1v) is 9.77. The molecule has 3 rings (SSSR count). The van der Waals surface area contributed by atoms with E-state index in [2.05, 4.69) is 5.32 Å². The molecule has 0 radical (unpaired) electrons. The van der Waals surface area contributed by atoms with E-state index in [4.69, 9.17) is 23.8 Å². The van der Waals surface area contributed by atoms with Crippen molar-refractivity contribution in [2.45, 2.75) is 13.8 Å². The number of nitro benzene ring substituents is 1. The molecule has 8 heteroatoms. The normalized spacial score (nSPS) is 11.6. The topological polar surface area (TPSA) is 82.1 Å². The Morgan fingerprint density at radius 1 is 1.10 bits per heavy atom. The standard InChI is InChI=1S/C22H18ClN3O3S/c1-14-5-4-12-25(13-14)20(21(27)16-8-10-17(11-9-16)26(28)29)22(30)24-19-7-3-6-18(23)15(19)2/h3-13H,1-2H3,(H-,24,27,30). The van der Waals surface area contributed by atoms with E-state index in [1.165, 1.54) is 24.3 Å². The fourth-order valence-electron chi connectivity index (χ4n) is 2.87. The predicted molar refractivity (Wildman–Crippen MR) is 120 cm³/mol. The first-order valence-electron chi connectivity index (χ1n) is 8.99.